The molecule has 0 saturated carbocycles. The van der Waals surface area contributed by atoms with E-state index in [1.54, 1.807) is 18.2 Å². The average molecular weight is 287 g/mol. The van der Waals surface area contributed by atoms with Crippen molar-refractivity contribution in [1.82, 2.24) is 0 Å². The minimum absolute atomic E-state index is 0.254. The van der Waals surface area contributed by atoms with Crippen LogP contribution in [0.2, 0.25) is 5.02 Å². The number of rotatable bonds is 3. The molecule has 0 fully saturated rings. The third-order valence-corrected chi connectivity index (χ3v) is 3.36. The molecule has 1 heterocycles. The normalized spacial score (nSPS) is 12.0. The number of hydrogen-bond acceptors (Lipinski definition) is 4. The molecule has 0 aromatic heterocycles. The molecule has 0 unspecified atom stereocenters. The summed E-state index contributed by atoms with van der Waals surface area (Å²) < 4.78 is 10.8. The molecule has 0 aliphatic carbocycles. The molecule has 5 heteroatoms. The standard InChI is InChI=1S/C15H11ClN2O2/c16-12-6-10(7-17)4-5-13(12)18-8-11-2-1-3-14-15(11)20-9-19-14/h1-6,18H,8-9H2. The van der Waals surface area contributed by atoms with Gasteiger partial charge in [0, 0.05) is 12.1 Å². The number of hydrogen-bond donors (Lipinski definition) is 1. The molecule has 1 aliphatic rings. The van der Waals surface area contributed by atoms with Gasteiger partial charge < -0.3 is 14.8 Å². The largest absolute Gasteiger partial charge is 0.454 e. The zero-order valence-electron chi connectivity index (χ0n) is 10.5. The number of nitriles is 1. The number of ether oxygens (including phenoxy) is 2. The molecule has 0 atom stereocenters. The van der Waals surface area contributed by atoms with Crippen LogP contribution in [0.25, 0.3) is 0 Å². The van der Waals surface area contributed by atoms with Crippen LogP contribution in [-0.4, -0.2) is 6.79 Å². The first-order valence-corrected chi connectivity index (χ1v) is 6.47. The Bertz CT molecular complexity index is 695. The fraction of sp³-hybridized carbons (Fsp3) is 0.133. The summed E-state index contributed by atoms with van der Waals surface area (Å²) in [5, 5.41) is 12.6. The molecule has 0 radical (unpaired) electrons. The molecule has 2 aromatic carbocycles. The Morgan fingerprint density at radius 1 is 1.25 bits per heavy atom. The molecule has 0 spiro atoms. The number of para-hydroxylation sites is 1. The second-order valence-corrected chi connectivity index (χ2v) is 4.72. The van der Waals surface area contributed by atoms with Crippen LogP contribution >= 0.6 is 11.6 Å². The maximum atomic E-state index is 8.81. The van der Waals surface area contributed by atoms with E-state index in [2.05, 4.69) is 11.4 Å². The van der Waals surface area contributed by atoms with Crippen molar-refractivity contribution in [2.45, 2.75) is 6.54 Å². The first kappa shape index (κ1) is 12.6. The van der Waals surface area contributed by atoms with Gasteiger partial charge in [0.15, 0.2) is 11.5 Å². The molecule has 100 valence electrons. The van der Waals surface area contributed by atoms with E-state index in [0.717, 1.165) is 22.7 Å². The van der Waals surface area contributed by atoms with E-state index >= 15 is 0 Å². The maximum absolute atomic E-state index is 8.81. The fourth-order valence-electron chi connectivity index (χ4n) is 2.05. The Hall–Kier alpha value is -2.38. The van der Waals surface area contributed by atoms with Crippen LogP contribution in [0.5, 0.6) is 11.5 Å². The Labute approximate surface area is 121 Å². The molecule has 1 N–H and O–H groups in total. The van der Waals surface area contributed by atoms with Gasteiger partial charge in [-0.25, -0.2) is 0 Å². The van der Waals surface area contributed by atoms with Crippen LogP contribution < -0.4 is 14.8 Å². The number of nitrogens with one attached hydrogen (secondary N) is 1. The quantitative estimate of drug-likeness (QED) is 0.937. The molecule has 0 amide bonds. The lowest BCUT2D eigenvalue weighted by molar-refractivity contribution is 0.173. The van der Waals surface area contributed by atoms with Gasteiger partial charge in [-0.05, 0) is 24.3 Å². The highest BCUT2D eigenvalue weighted by Gasteiger charge is 2.16. The molecule has 4 nitrogen and oxygen atoms in total. The Morgan fingerprint density at radius 2 is 2.15 bits per heavy atom. The summed E-state index contributed by atoms with van der Waals surface area (Å²) in [4.78, 5) is 0. The molecular formula is C15H11ClN2O2. The van der Waals surface area contributed by atoms with E-state index in [9.17, 15) is 0 Å². The van der Waals surface area contributed by atoms with E-state index < -0.39 is 0 Å². The number of nitrogens with zero attached hydrogens (tertiary/aromatic N) is 1. The minimum Gasteiger partial charge on any atom is -0.454 e. The van der Waals surface area contributed by atoms with Gasteiger partial charge in [-0.1, -0.05) is 23.7 Å². The highest BCUT2D eigenvalue weighted by Crippen LogP contribution is 2.36. The Kier molecular flexibility index (Phi) is 3.36. The predicted molar refractivity (Wildman–Crippen MR) is 76.1 cm³/mol. The van der Waals surface area contributed by atoms with Crippen molar-refractivity contribution >= 4 is 17.3 Å². The van der Waals surface area contributed by atoms with Crippen LogP contribution in [0.1, 0.15) is 11.1 Å². The molecule has 0 saturated heterocycles. The molecule has 2 aromatic rings. The summed E-state index contributed by atoms with van der Waals surface area (Å²) >= 11 is 6.12. The lowest BCUT2D eigenvalue weighted by Crippen LogP contribution is -2.01. The number of benzene rings is 2. The molecule has 20 heavy (non-hydrogen) atoms. The van der Waals surface area contributed by atoms with Crippen LogP contribution in [0.3, 0.4) is 0 Å². The zero-order chi connectivity index (χ0) is 13.9. The average Bonchev–Trinajstić information content (AvgIpc) is 2.95. The van der Waals surface area contributed by atoms with Crippen molar-refractivity contribution in [2.24, 2.45) is 0 Å². The highest BCUT2D eigenvalue weighted by molar-refractivity contribution is 6.33. The molecule has 0 bridgehead atoms. The molecule has 1 aliphatic heterocycles. The molecule has 3 rings (SSSR count). The monoisotopic (exact) mass is 286 g/mol. The molecular weight excluding hydrogens is 276 g/mol. The summed E-state index contributed by atoms with van der Waals surface area (Å²) in [6.45, 7) is 0.822. The third-order valence-electron chi connectivity index (χ3n) is 3.05. The van der Waals surface area contributed by atoms with E-state index in [1.807, 2.05) is 18.2 Å². The lowest BCUT2D eigenvalue weighted by atomic mass is 10.1. The van der Waals surface area contributed by atoms with Gasteiger partial charge in [0.1, 0.15) is 0 Å². The summed E-state index contributed by atoms with van der Waals surface area (Å²) in [6.07, 6.45) is 0. The van der Waals surface area contributed by atoms with Gasteiger partial charge in [-0.2, -0.15) is 5.26 Å². The number of fused-ring (bicyclic) bond motifs is 1. The second-order valence-electron chi connectivity index (χ2n) is 4.31. The van der Waals surface area contributed by atoms with Gasteiger partial charge >= 0.3 is 0 Å². The predicted octanol–water partition coefficient (Wildman–Crippen LogP) is 3.55. The topological polar surface area (TPSA) is 54.3 Å². The summed E-state index contributed by atoms with van der Waals surface area (Å²) in [5.41, 5.74) is 2.32. The van der Waals surface area contributed by atoms with Crippen molar-refractivity contribution < 1.29 is 9.47 Å². The number of halogens is 1. The van der Waals surface area contributed by atoms with Gasteiger partial charge in [0.2, 0.25) is 6.79 Å². The highest BCUT2D eigenvalue weighted by atomic mass is 35.5. The van der Waals surface area contributed by atoms with Crippen molar-refractivity contribution in [1.29, 1.82) is 5.26 Å². The van der Waals surface area contributed by atoms with Gasteiger partial charge in [0.05, 0.1) is 22.3 Å². The maximum Gasteiger partial charge on any atom is 0.231 e. The van der Waals surface area contributed by atoms with E-state index in [1.165, 1.54) is 0 Å². The van der Waals surface area contributed by atoms with Crippen LogP contribution in [0.4, 0.5) is 5.69 Å². The smallest absolute Gasteiger partial charge is 0.231 e. The summed E-state index contributed by atoms with van der Waals surface area (Å²) in [5.74, 6) is 1.53. The van der Waals surface area contributed by atoms with Gasteiger partial charge in [-0.15, -0.1) is 0 Å². The number of anilines is 1. The minimum atomic E-state index is 0.254. The SMILES string of the molecule is N#Cc1ccc(NCc2cccc3c2OCO3)c(Cl)c1. The van der Waals surface area contributed by atoms with Gasteiger partial charge in [0.25, 0.3) is 0 Å². The Morgan fingerprint density at radius 3 is 2.95 bits per heavy atom. The first-order chi connectivity index (χ1) is 9.78. The van der Waals surface area contributed by atoms with Crippen molar-refractivity contribution in [3.8, 4) is 17.6 Å². The van der Waals surface area contributed by atoms with E-state index in [-0.39, 0.29) is 6.79 Å². The van der Waals surface area contributed by atoms with Crippen molar-refractivity contribution in [3.05, 3.63) is 52.5 Å². The van der Waals surface area contributed by atoms with Crippen molar-refractivity contribution in [2.75, 3.05) is 12.1 Å². The van der Waals surface area contributed by atoms with Crippen LogP contribution in [0.15, 0.2) is 36.4 Å². The third kappa shape index (κ3) is 2.36. The lowest BCUT2D eigenvalue weighted by Gasteiger charge is -2.10. The van der Waals surface area contributed by atoms with E-state index in [0.29, 0.717) is 17.1 Å². The second kappa shape index (κ2) is 5.32. The Balaban J connectivity index is 1.78. The van der Waals surface area contributed by atoms with Crippen LogP contribution in [0, 0.1) is 11.3 Å². The summed E-state index contributed by atoms with van der Waals surface area (Å²) in [7, 11) is 0. The van der Waals surface area contributed by atoms with Crippen LogP contribution in [-0.2, 0) is 6.54 Å². The zero-order valence-corrected chi connectivity index (χ0v) is 11.3. The fourth-order valence-corrected chi connectivity index (χ4v) is 2.30. The van der Waals surface area contributed by atoms with E-state index in [4.69, 9.17) is 26.3 Å². The first-order valence-electron chi connectivity index (χ1n) is 6.09. The van der Waals surface area contributed by atoms with Gasteiger partial charge in [-0.3, -0.25) is 0 Å². The van der Waals surface area contributed by atoms with Crippen molar-refractivity contribution in [3.63, 3.8) is 0 Å². The summed E-state index contributed by atoms with van der Waals surface area (Å²) in [6, 6.07) is 13.0.